The Labute approximate surface area is 104 Å². The lowest BCUT2D eigenvalue weighted by Crippen LogP contribution is -2.24. The second-order valence-corrected chi connectivity index (χ2v) is 5.23. The molecule has 0 aliphatic heterocycles. The van der Waals surface area contributed by atoms with E-state index in [1.807, 2.05) is 11.6 Å². The van der Waals surface area contributed by atoms with Gasteiger partial charge in [0.2, 0.25) is 0 Å². The standard InChI is InChI=1S/C13H24N4/c1-4-8-17-13(12(14)10(3)16-17)15-11-7-5-6-9(11)2/h9,11,15H,4-8,14H2,1-3H3. The SMILES string of the molecule is CCCn1nc(C)c(N)c1NC1CCCC1C. The third kappa shape index (κ3) is 2.40. The lowest BCUT2D eigenvalue weighted by Gasteiger charge is -2.19. The number of nitrogens with one attached hydrogen (secondary N) is 1. The van der Waals surface area contributed by atoms with Gasteiger partial charge in [-0.2, -0.15) is 5.10 Å². The van der Waals surface area contributed by atoms with Crippen LogP contribution in [0.4, 0.5) is 11.5 Å². The van der Waals surface area contributed by atoms with Gasteiger partial charge < -0.3 is 11.1 Å². The van der Waals surface area contributed by atoms with Crippen LogP contribution in [-0.4, -0.2) is 15.8 Å². The van der Waals surface area contributed by atoms with Crippen LogP contribution < -0.4 is 11.1 Å². The van der Waals surface area contributed by atoms with Gasteiger partial charge in [-0.25, -0.2) is 4.68 Å². The maximum atomic E-state index is 6.11. The zero-order chi connectivity index (χ0) is 12.4. The van der Waals surface area contributed by atoms with Gasteiger partial charge in [0, 0.05) is 12.6 Å². The number of nitrogens with two attached hydrogens (primary N) is 1. The second-order valence-electron chi connectivity index (χ2n) is 5.23. The van der Waals surface area contributed by atoms with Crippen molar-refractivity contribution in [3.05, 3.63) is 5.69 Å². The molecule has 4 nitrogen and oxygen atoms in total. The average Bonchev–Trinajstić information content (AvgIpc) is 2.80. The first-order chi connectivity index (χ1) is 8.13. The van der Waals surface area contributed by atoms with Gasteiger partial charge in [-0.05, 0) is 32.1 Å². The number of nitrogen functional groups attached to an aromatic ring is 1. The van der Waals surface area contributed by atoms with E-state index in [-0.39, 0.29) is 0 Å². The van der Waals surface area contributed by atoms with E-state index in [0.717, 1.165) is 36.1 Å². The van der Waals surface area contributed by atoms with Crippen molar-refractivity contribution in [2.75, 3.05) is 11.1 Å². The highest BCUT2D eigenvalue weighted by Crippen LogP contribution is 2.31. The molecule has 1 saturated carbocycles. The normalized spacial score (nSPS) is 24.2. The van der Waals surface area contributed by atoms with Crippen molar-refractivity contribution < 1.29 is 0 Å². The highest BCUT2D eigenvalue weighted by molar-refractivity contribution is 5.65. The minimum Gasteiger partial charge on any atom is -0.394 e. The number of hydrogen-bond acceptors (Lipinski definition) is 3. The van der Waals surface area contributed by atoms with Crippen LogP contribution in [0, 0.1) is 12.8 Å². The van der Waals surface area contributed by atoms with Crippen molar-refractivity contribution in [3.8, 4) is 0 Å². The molecule has 2 atom stereocenters. The summed E-state index contributed by atoms with van der Waals surface area (Å²) in [5.41, 5.74) is 7.87. The molecule has 0 aromatic carbocycles. The molecule has 1 aliphatic carbocycles. The van der Waals surface area contributed by atoms with Gasteiger partial charge in [0.15, 0.2) is 0 Å². The monoisotopic (exact) mass is 236 g/mol. The molecule has 3 N–H and O–H groups in total. The summed E-state index contributed by atoms with van der Waals surface area (Å²) in [5.74, 6) is 1.77. The molecule has 0 spiro atoms. The Bertz CT molecular complexity index is 383. The Morgan fingerprint density at radius 1 is 1.47 bits per heavy atom. The van der Waals surface area contributed by atoms with Crippen LogP contribution in [0.5, 0.6) is 0 Å². The summed E-state index contributed by atoms with van der Waals surface area (Å²) in [6, 6.07) is 0.559. The Morgan fingerprint density at radius 3 is 2.82 bits per heavy atom. The first kappa shape index (κ1) is 12.3. The van der Waals surface area contributed by atoms with E-state index in [9.17, 15) is 0 Å². The van der Waals surface area contributed by atoms with E-state index in [1.54, 1.807) is 0 Å². The third-order valence-electron chi connectivity index (χ3n) is 3.79. The van der Waals surface area contributed by atoms with Gasteiger partial charge in [0.25, 0.3) is 0 Å². The largest absolute Gasteiger partial charge is 0.394 e. The molecule has 1 fully saturated rings. The van der Waals surface area contributed by atoms with Crippen LogP contribution in [0.1, 0.15) is 45.2 Å². The Morgan fingerprint density at radius 2 is 2.24 bits per heavy atom. The number of rotatable bonds is 4. The molecule has 1 aliphatic rings. The molecule has 2 rings (SSSR count). The minimum atomic E-state index is 0.559. The summed E-state index contributed by atoms with van der Waals surface area (Å²) in [6.45, 7) is 7.38. The molecule has 17 heavy (non-hydrogen) atoms. The summed E-state index contributed by atoms with van der Waals surface area (Å²) in [5, 5.41) is 8.10. The lowest BCUT2D eigenvalue weighted by molar-refractivity contribution is 0.541. The predicted molar refractivity (Wildman–Crippen MR) is 72.1 cm³/mol. The van der Waals surface area contributed by atoms with Crippen LogP contribution >= 0.6 is 0 Å². The summed E-state index contributed by atoms with van der Waals surface area (Å²) < 4.78 is 2.02. The minimum absolute atomic E-state index is 0.559. The van der Waals surface area contributed by atoms with Crippen LogP contribution in [-0.2, 0) is 6.54 Å². The van der Waals surface area contributed by atoms with Crippen molar-refractivity contribution in [2.24, 2.45) is 5.92 Å². The van der Waals surface area contributed by atoms with E-state index in [4.69, 9.17) is 5.73 Å². The highest BCUT2D eigenvalue weighted by atomic mass is 15.3. The summed E-state index contributed by atoms with van der Waals surface area (Å²) in [7, 11) is 0. The zero-order valence-electron chi connectivity index (χ0n) is 11.2. The van der Waals surface area contributed by atoms with E-state index in [1.165, 1.54) is 19.3 Å². The Balaban J connectivity index is 2.18. The molecule has 0 bridgehead atoms. The van der Waals surface area contributed by atoms with Gasteiger partial charge in [0.1, 0.15) is 5.82 Å². The molecular weight excluding hydrogens is 212 g/mol. The van der Waals surface area contributed by atoms with Crippen molar-refractivity contribution >= 4 is 11.5 Å². The fourth-order valence-corrected chi connectivity index (χ4v) is 2.66. The smallest absolute Gasteiger partial charge is 0.148 e. The first-order valence-electron chi connectivity index (χ1n) is 6.73. The zero-order valence-corrected chi connectivity index (χ0v) is 11.2. The molecule has 0 amide bonds. The lowest BCUT2D eigenvalue weighted by atomic mass is 10.1. The average molecular weight is 236 g/mol. The topological polar surface area (TPSA) is 55.9 Å². The van der Waals surface area contributed by atoms with Crippen molar-refractivity contribution in [3.63, 3.8) is 0 Å². The number of aromatic nitrogens is 2. The Hall–Kier alpha value is -1.19. The van der Waals surface area contributed by atoms with Gasteiger partial charge in [-0.1, -0.05) is 20.3 Å². The number of hydrogen-bond donors (Lipinski definition) is 2. The molecular formula is C13H24N4. The third-order valence-corrected chi connectivity index (χ3v) is 3.79. The quantitative estimate of drug-likeness (QED) is 0.845. The second kappa shape index (κ2) is 4.98. The molecule has 1 heterocycles. The molecule has 1 aromatic rings. The molecule has 0 saturated heterocycles. The van der Waals surface area contributed by atoms with Gasteiger partial charge >= 0.3 is 0 Å². The van der Waals surface area contributed by atoms with E-state index in [2.05, 4.69) is 24.3 Å². The summed E-state index contributed by atoms with van der Waals surface area (Å²) in [4.78, 5) is 0. The fraction of sp³-hybridized carbons (Fsp3) is 0.769. The van der Waals surface area contributed by atoms with Crippen LogP contribution in [0.2, 0.25) is 0 Å². The number of nitrogens with zero attached hydrogens (tertiary/aromatic N) is 2. The van der Waals surface area contributed by atoms with Crippen molar-refractivity contribution in [2.45, 2.75) is 59.0 Å². The molecule has 96 valence electrons. The maximum absolute atomic E-state index is 6.11. The van der Waals surface area contributed by atoms with Crippen molar-refractivity contribution in [1.29, 1.82) is 0 Å². The fourth-order valence-electron chi connectivity index (χ4n) is 2.66. The first-order valence-corrected chi connectivity index (χ1v) is 6.73. The summed E-state index contributed by atoms with van der Waals surface area (Å²) in [6.07, 6.45) is 4.96. The van der Waals surface area contributed by atoms with E-state index >= 15 is 0 Å². The summed E-state index contributed by atoms with van der Waals surface area (Å²) >= 11 is 0. The van der Waals surface area contributed by atoms with E-state index in [0.29, 0.717) is 6.04 Å². The van der Waals surface area contributed by atoms with Crippen LogP contribution in [0.15, 0.2) is 0 Å². The van der Waals surface area contributed by atoms with Crippen LogP contribution in [0.25, 0.3) is 0 Å². The number of anilines is 2. The van der Waals surface area contributed by atoms with Gasteiger partial charge in [0.05, 0.1) is 11.4 Å². The molecule has 0 radical (unpaired) electrons. The van der Waals surface area contributed by atoms with E-state index < -0.39 is 0 Å². The molecule has 4 heteroatoms. The molecule has 1 aromatic heterocycles. The molecule has 2 unspecified atom stereocenters. The highest BCUT2D eigenvalue weighted by Gasteiger charge is 2.25. The number of aryl methyl sites for hydroxylation is 2. The maximum Gasteiger partial charge on any atom is 0.148 e. The Kier molecular flexibility index (Phi) is 3.60. The van der Waals surface area contributed by atoms with Gasteiger partial charge in [-0.3, -0.25) is 0 Å². The predicted octanol–water partition coefficient (Wildman–Crippen LogP) is 2.78. The van der Waals surface area contributed by atoms with Gasteiger partial charge in [-0.15, -0.1) is 0 Å². The van der Waals surface area contributed by atoms with Crippen molar-refractivity contribution in [1.82, 2.24) is 9.78 Å². The van der Waals surface area contributed by atoms with Crippen LogP contribution in [0.3, 0.4) is 0 Å².